The summed E-state index contributed by atoms with van der Waals surface area (Å²) in [6.45, 7) is 3.08. The zero-order chi connectivity index (χ0) is 19.1. The Hall–Kier alpha value is -0.910. The van der Waals surface area contributed by atoms with Gasteiger partial charge in [-0.2, -0.15) is 0 Å². The van der Waals surface area contributed by atoms with Crippen molar-refractivity contribution >= 4 is 40.0 Å². The molecule has 9 heteroatoms. The van der Waals surface area contributed by atoms with Crippen LogP contribution < -0.4 is 10.0 Å². The molecule has 158 valence electrons. The van der Waals surface area contributed by atoms with Crippen LogP contribution >= 0.6 is 24.0 Å². The second kappa shape index (κ2) is 11.3. The number of halogens is 1. The van der Waals surface area contributed by atoms with E-state index >= 15 is 0 Å². The molecule has 1 fully saturated rings. The molecular formula is C19H31IN4O3S. The highest BCUT2D eigenvalue weighted by Crippen LogP contribution is 2.18. The van der Waals surface area contributed by atoms with Crippen LogP contribution in [0, 0.1) is 0 Å². The standard InChI is InChI=1S/C19H30N4O3S.HI/c1-20-19(23-11-9-16-6-2-3-7-17(16)15-23)21-10-13-27(24,25)22-14-18-8-4-5-12-26-18;/h2-3,6-7,18,22H,4-5,8-15H2,1H3,(H,20,21);1H. The molecule has 1 aromatic rings. The predicted octanol–water partition coefficient (Wildman–Crippen LogP) is 1.73. The van der Waals surface area contributed by atoms with Crippen LogP contribution in [0.2, 0.25) is 0 Å². The van der Waals surface area contributed by atoms with Crippen LogP contribution in [0.1, 0.15) is 30.4 Å². The van der Waals surface area contributed by atoms with Crippen LogP contribution in [0.25, 0.3) is 0 Å². The summed E-state index contributed by atoms with van der Waals surface area (Å²) in [7, 11) is -1.60. The normalized spacial score (nSPS) is 20.2. The summed E-state index contributed by atoms with van der Waals surface area (Å²) >= 11 is 0. The summed E-state index contributed by atoms with van der Waals surface area (Å²) in [5.41, 5.74) is 2.68. The quantitative estimate of drug-likeness (QED) is 0.338. The number of aliphatic imine (C=N–C) groups is 1. The van der Waals surface area contributed by atoms with Crippen molar-refractivity contribution in [2.75, 3.05) is 39.0 Å². The van der Waals surface area contributed by atoms with Crippen molar-refractivity contribution in [2.45, 2.75) is 38.3 Å². The highest BCUT2D eigenvalue weighted by atomic mass is 127. The van der Waals surface area contributed by atoms with Gasteiger partial charge in [-0.05, 0) is 36.8 Å². The van der Waals surface area contributed by atoms with Crippen molar-refractivity contribution in [3.63, 3.8) is 0 Å². The molecule has 3 rings (SSSR count). The van der Waals surface area contributed by atoms with Gasteiger partial charge in [-0.25, -0.2) is 13.1 Å². The van der Waals surface area contributed by atoms with Gasteiger partial charge in [0, 0.05) is 39.8 Å². The molecule has 1 aromatic carbocycles. The van der Waals surface area contributed by atoms with Crippen molar-refractivity contribution in [2.24, 2.45) is 4.99 Å². The van der Waals surface area contributed by atoms with E-state index in [0.717, 1.165) is 51.3 Å². The third-order valence-corrected chi connectivity index (χ3v) is 6.45. The molecular weight excluding hydrogens is 491 g/mol. The van der Waals surface area contributed by atoms with Gasteiger partial charge < -0.3 is 15.0 Å². The van der Waals surface area contributed by atoms with E-state index in [1.54, 1.807) is 7.05 Å². The molecule has 2 heterocycles. The van der Waals surface area contributed by atoms with E-state index in [0.29, 0.717) is 13.1 Å². The van der Waals surface area contributed by atoms with Crippen LogP contribution in [0.15, 0.2) is 29.3 Å². The van der Waals surface area contributed by atoms with Crippen LogP contribution in [0.3, 0.4) is 0 Å². The summed E-state index contributed by atoms with van der Waals surface area (Å²) < 4.78 is 32.7. The van der Waals surface area contributed by atoms with Gasteiger partial charge in [0.05, 0.1) is 11.9 Å². The summed E-state index contributed by atoms with van der Waals surface area (Å²) in [6.07, 6.45) is 4.06. The van der Waals surface area contributed by atoms with Gasteiger partial charge >= 0.3 is 0 Å². The minimum absolute atomic E-state index is 0. The van der Waals surface area contributed by atoms with Gasteiger partial charge in [-0.3, -0.25) is 4.99 Å². The molecule has 2 N–H and O–H groups in total. The number of ether oxygens (including phenoxy) is 1. The minimum Gasteiger partial charge on any atom is -0.377 e. The lowest BCUT2D eigenvalue weighted by molar-refractivity contribution is 0.0200. The van der Waals surface area contributed by atoms with Gasteiger partial charge in [0.25, 0.3) is 0 Å². The second-order valence-electron chi connectivity index (χ2n) is 7.07. The minimum atomic E-state index is -3.33. The van der Waals surface area contributed by atoms with Gasteiger partial charge in [0.1, 0.15) is 0 Å². The van der Waals surface area contributed by atoms with Crippen molar-refractivity contribution in [1.82, 2.24) is 14.9 Å². The summed E-state index contributed by atoms with van der Waals surface area (Å²) in [5, 5.41) is 3.19. The first-order chi connectivity index (χ1) is 13.1. The number of rotatable bonds is 6. The molecule has 0 amide bonds. The molecule has 2 aliphatic heterocycles. The lowest BCUT2D eigenvalue weighted by Gasteiger charge is -2.31. The van der Waals surface area contributed by atoms with Crippen molar-refractivity contribution < 1.29 is 13.2 Å². The summed E-state index contributed by atoms with van der Waals surface area (Å²) in [4.78, 5) is 6.48. The van der Waals surface area contributed by atoms with Crippen LogP contribution in [-0.2, 0) is 27.7 Å². The molecule has 1 unspecified atom stereocenters. The van der Waals surface area contributed by atoms with Gasteiger partial charge in [-0.15, -0.1) is 24.0 Å². The summed E-state index contributed by atoms with van der Waals surface area (Å²) in [5.74, 6) is 0.763. The van der Waals surface area contributed by atoms with E-state index in [1.807, 2.05) is 6.07 Å². The second-order valence-corrected chi connectivity index (χ2v) is 9.00. The largest absolute Gasteiger partial charge is 0.377 e. The Morgan fingerprint density at radius 1 is 1.29 bits per heavy atom. The molecule has 0 bridgehead atoms. The zero-order valence-electron chi connectivity index (χ0n) is 16.4. The fourth-order valence-corrected chi connectivity index (χ4v) is 4.52. The van der Waals surface area contributed by atoms with Crippen LogP contribution in [0.4, 0.5) is 0 Å². The maximum atomic E-state index is 12.2. The first-order valence-corrected chi connectivity index (χ1v) is 11.3. The highest BCUT2D eigenvalue weighted by Gasteiger charge is 2.20. The van der Waals surface area contributed by atoms with E-state index in [2.05, 4.69) is 38.1 Å². The Balaban J connectivity index is 0.00000280. The van der Waals surface area contributed by atoms with Gasteiger partial charge in [-0.1, -0.05) is 24.3 Å². The Morgan fingerprint density at radius 3 is 2.79 bits per heavy atom. The fourth-order valence-electron chi connectivity index (χ4n) is 3.57. The number of hydrogen-bond donors (Lipinski definition) is 2. The van der Waals surface area contributed by atoms with E-state index in [9.17, 15) is 8.42 Å². The fraction of sp³-hybridized carbons (Fsp3) is 0.632. The zero-order valence-corrected chi connectivity index (χ0v) is 19.5. The van der Waals surface area contributed by atoms with Crippen LogP contribution in [0.5, 0.6) is 0 Å². The molecule has 0 aromatic heterocycles. The predicted molar refractivity (Wildman–Crippen MR) is 123 cm³/mol. The Morgan fingerprint density at radius 2 is 2.07 bits per heavy atom. The molecule has 2 aliphatic rings. The number of hydrogen-bond acceptors (Lipinski definition) is 4. The molecule has 0 radical (unpaired) electrons. The Labute approximate surface area is 185 Å². The molecule has 0 aliphatic carbocycles. The lowest BCUT2D eigenvalue weighted by Crippen LogP contribution is -2.46. The maximum absolute atomic E-state index is 12.2. The monoisotopic (exact) mass is 522 g/mol. The topological polar surface area (TPSA) is 83.0 Å². The first-order valence-electron chi connectivity index (χ1n) is 9.69. The number of benzene rings is 1. The molecule has 28 heavy (non-hydrogen) atoms. The third-order valence-electron chi connectivity index (χ3n) is 5.10. The van der Waals surface area contributed by atoms with E-state index in [1.165, 1.54) is 11.1 Å². The number of nitrogens with zero attached hydrogens (tertiary/aromatic N) is 2. The molecule has 1 atom stereocenters. The SMILES string of the molecule is CN=C(NCCS(=O)(=O)NCC1CCCCO1)N1CCc2ccccc2C1.I. The average molecular weight is 522 g/mol. The van der Waals surface area contributed by atoms with Crippen molar-refractivity contribution in [3.05, 3.63) is 35.4 Å². The molecule has 7 nitrogen and oxygen atoms in total. The average Bonchev–Trinajstić information content (AvgIpc) is 2.70. The smallest absolute Gasteiger partial charge is 0.213 e. The molecule has 0 spiro atoms. The van der Waals surface area contributed by atoms with E-state index in [4.69, 9.17) is 4.74 Å². The molecule has 1 saturated heterocycles. The Bertz CT molecular complexity index is 751. The van der Waals surface area contributed by atoms with Gasteiger partial charge in [0.15, 0.2) is 5.96 Å². The van der Waals surface area contributed by atoms with Crippen molar-refractivity contribution in [3.8, 4) is 0 Å². The summed E-state index contributed by atoms with van der Waals surface area (Å²) in [6, 6.07) is 8.41. The number of nitrogens with one attached hydrogen (secondary N) is 2. The van der Waals surface area contributed by atoms with E-state index < -0.39 is 10.0 Å². The van der Waals surface area contributed by atoms with Crippen molar-refractivity contribution in [1.29, 1.82) is 0 Å². The van der Waals surface area contributed by atoms with E-state index in [-0.39, 0.29) is 35.8 Å². The first kappa shape index (κ1) is 23.4. The van der Waals surface area contributed by atoms with Gasteiger partial charge in [0.2, 0.25) is 10.0 Å². The highest BCUT2D eigenvalue weighted by molar-refractivity contribution is 14.0. The number of fused-ring (bicyclic) bond motifs is 1. The number of sulfonamides is 1. The third kappa shape index (κ3) is 6.85. The van der Waals surface area contributed by atoms with Crippen LogP contribution in [-0.4, -0.2) is 64.4 Å². The maximum Gasteiger partial charge on any atom is 0.213 e. The lowest BCUT2D eigenvalue weighted by atomic mass is 10.0. The Kier molecular flexibility index (Phi) is 9.45. The molecule has 0 saturated carbocycles. The number of guanidine groups is 1.